The highest BCUT2D eigenvalue weighted by atomic mass is 16.5. The molecule has 0 radical (unpaired) electrons. The van der Waals surface area contributed by atoms with Gasteiger partial charge in [0, 0.05) is 26.8 Å². The molecule has 0 spiro atoms. The van der Waals surface area contributed by atoms with Gasteiger partial charge in [0.2, 0.25) is 0 Å². The van der Waals surface area contributed by atoms with Gasteiger partial charge >= 0.3 is 5.97 Å². The maximum atomic E-state index is 10.9. The highest BCUT2D eigenvalue weighted by Gasteiger charge is 2.18. The number of carboxylic acids is 1. The Morgan fingerprint density at radius 3 is 2.84 bits per heavy atom. The molecular weight excluding hydrogens is 246 g/mol. The molecule has 2 heterocycles. The summed E-state index contributed by atoms with van der Waals surface area (Å²) >= 11 is 0. The highest BCUT2D eigenvalue weighted by Crippen LogP contribution is 2.23. The molecule has 0 bridgehead atoms. The van der Waals surface area contributed by atoms with Crippen LogP contribution in [0.5, 0.6) is 0 Å². The summed E-state index contributed by atoms with van der Waals surface area (Å²) in [5.74, 6) is 0.0283. The lowest BCUT2D eigenvalue weighted by molar-refractivity contribution is 0.0685. The number of carboxylic acid groups (broad SMARTS) is 1. The fourth-order valence-electron chi connectivity index (χ4n) is 2.29. The van der Waals surface area contributed by atoms with E-state index >= 15 is 0 Å². The number of pyridine rings is 1. The number of aromatic nitrogens is 1. The molecule has 0 aromatic carbocycles. The van der Waals surface area contributed by atoms with E-state index in [0.717, 1.165) is 32.6 Å². The van der Waals surface area contributed by atoms with Crippen molar-refractivity contribution in [2.75, 3.05) is 37.4 Å². The van der Waals surface area contributed by atoms with Gasteiger partial charge in [0.25, 0.3) is 0 Å². The number of aromatic carboxylic acids is 1. The van der Waals surface area contributed by atoms with Crippen LogP contribution in [0, 0.1) is 5.92 Å². The van der Waals surface area contributed by atoms with Crippen LogP contribution in [-0.2, 0) is 4.74 Å². The predicted molar refractivity (Wildman–Crippen MR) is 72.4 cm³/mol. The Kier molecular flexibility index (Phi) is 4.21. The Morgan fingerprint density at radius 2 is 2.21 bits per heavy atom. The van der Waals surface area contributed by atoms with Crippen LogP contribution < -0.4 is 10.6 Å². The normalized spacial score (nSPS) is 16.3. The molecule has 0 saturated carbocycles. The number of anilines is 2. The van der Waals surface area contributed by atoms with Crippen molar-refractivity contribution >= 4 is 17.5 Å². The fraction of sp³-hybridized carbons (Fsp3) is 0.538. The average molecular weight is 265 g/mol. The first-order valence-corrected chi connectivity index (χ1v) is 6.36. The Morgan fingerprint density at radius 1 is 1.53 bits per heavy atom. The monoisotopic (exact) mass is 265 g/mol. The number of ether oxygens (including phenoxy) is 1. The van der Waals surface area contributed by atoms with Gasteiger partial charge in [-0.25, -0.2) is 9.78 Å². The molecule has 1 aromatic rings. The Hall–Kier alpha value is -1.82. The van der Waals surface area contributed by atoms with Gasteiger partial charge in [0.1, 0.15) is 0 Å². The number of rotatable bonds is 4. The summed E-state index contributed by atoms with van der Waals surface area (Å²) in [5.41, 5.74) is 6.39. The number of nitrogen functional groups attached to an aromatic ring is 1. The van der Waals surface area contributed by atoms with E-state index in [9.17, 15) is 4.79 Å². The second-order valence-electron chi connectivity index (χ2n) is 4.85. The van der Waals surface area contributed by atoms with E-state index in [0.29, 0.717) is 17.4 Å². The molecule has 3 N–H and O–H groups in total. The third-order valence-electron chi connectivity index (χ3n) is 3.36. The molecule has 0 amide bonds. The van der Waals surface area contributed by atoms with Gasteiger partial charge in [-0.15, -0.1) is 0 Å². The number of hydrogen-bond acceptors (Lipinski definition) is 5. The van der Waals surface area contributed by atoms with Gasteiger partial charge in [-0.05, 0) is 30.9 Å². The number of hydrogen-bond donors (Lipinski definition) is 2. The van der Waals surface area contributed by atoms with Crippen molar-refractivity contribution in [3.05, 3.63) is 17.8 Å². The fourth-order valence-corrected chi connectivity index (χ4v) is 2.29. The molecule has 1 saturated heterocycles. The maximum absolute atomic E-state index is 10.9. The van der Waals surface area contributed by atoms with E-state index in [1.165, 1.54) is 6.07 Å². The number of nitrogens with zero attached hydrogens (tertiary/aromatic N) is 2. The summed E-state index contributed by atoms with van der Waals surface area (Å²) in [4.78, 5) is 17.0. The van der Waals surface area contributed by atoms with Gasteiger partial charge in [-0.2, -0.15) is 0 Å². The smallest absolute Gasteiger partial charge is 0.354 e. The Bertz CT molecular complexity index is 458. The second kappa shape index (κ2) is 5.88. The van der Waals surface area contributed by atoms with Crippen LogP contribution in [0.25, 0.3) is 0 Å². The van der Waals surface area contributed by atoms with Gasteiger partial charge in [-0.1, -0.05) is 0 Å². The molecule has 1 fully saturated rings. The van der Waals surface area contributed by atoms with Crippen molar-refractivity contribution in [2.45, 2.75) is 12.8 Å². The van der Waals surface area contributed by atoms with E-state index in [-0.39, 0.29) is 5.69 Å². The lowest BCUT2D eigenvalue weighted by atomic mass is 10.00. The van der Waals surface area contributed by atoms with E-state index in [1.54, 1.807) is 6.07 Å². The minimum absolute atomic E-state index is 0.0167. The van der Waals surface area contributed by atoms with Crippen LogP contribution in [-0.4, -0.2) is 42.9 Å². The van der Waals surface area contributed by atoms with E-state index in [1.807, 2.05) is 11.9 Å². The zero-order valence-electron chi connectivity index (χ0n) is 11.0. The number of nitrogens with two attached hydrogens (primary N) is 1. The zero-order valence-corrected chi connectivity index (χ0v) is 11.0. The molecule has 6 heteroatoms. The van der Waals surface area contributed by atoms with Crippen molar-refractivity contribution in [2.24, 2.45) is 5.92 Å². The summed E-state index contributed by atoms with van der Waals surface area (Å²) < 4.78 is 5.32. The minimum atomic E-state index is -1.04. The van der Waals surface area contributed by atoms with Crippen LogP contribution in [0.15, 0.2) is 12.1 Å². The molecule has 2 rings (SSSR count). The maximum Gasteiger partial charge on any atom is 0.354 e. The third kappa shape index (κ3) is 3.35. The molecule has 0 aliphatic carbocycles. The molecule has 104 valence electrons. The molecule has 6 nitrogen and oxygen atoms in total. The standard InChI is InChI=1S/C13H19N3O3/c1-16(8-9-4-6-19-7-5-9)12-10(14)2-3-11(15-12)13(17)18/h2-3,9H,4-8,14H2,1H3,(H,17,18). The van der Waals surface area contributed by atoms with Crippen LogP contribution in [0.3, 0.4) is 0 Å². The van der Waals surface area contributed by atoms with Crippen molar-refractivity contribution < 1.29 is 14.6 Å². The van der Waals surface area contributed by atoms with Gasteiger partial charge in [0.05, 0.1) is 5.69 Å². The Balaban J connectivity index is 2.10. The summed E-state index contributed by atoms with van der Waals surface area (Å²) in [6.45, 7) is 2.39. The summed E-state index contributed by atoms with van der Waals surface area (Å²) in [7, 11) is 1.89. The van der Waals surface area contributed by atoms with E-state index in [4.69, 9.17) is 15.6 Å². The largest absolute Gasteiger partial charge is 0.477 e. The summed E-state index contributed by atoms with van der Waals surface area (Å²) in [5, 5.41) is 8.96. The molecule has 1 aliphatic heterocycles. The lowest BCUT2D eigenvalue weighted by Crippen LogP contribution is -2.30. The van der Waals surface area contributed by atoms with Crippen LogP contribution in [0.1, 0.15) is 23.3 Å². The first-order valence-electron chi connectivity index (χ1n) is 6.36. The SMILES string of the molecule is CN(CC1CCOCC1)c1nc(C(=O)O)ccc1N. The quantitative estimate of drug-likeness (QED) is 0.851. The molecular formula is C13H19N3O3. The van der Waals surface area contributed by atoms with Crippen molar-refractivity contribution in [1.29, 1.82) is 0 Å². The minimum Gasteiger partial charge on any atom is -0.477 e. The zero-order chi connectivity index (χ0) is 13.8. The molecule has 19 heavy (non-hydrogen) atoms. The second-order valence-corrected chi connectivity index (χ2v) is 4.85. The molecule has 1 aromatic heterocycles. The lowest BCUT2D eigenvalue weighted by Gasteiger charge is -2.28. The van der Waals surface area contributed by atoms with Crippen molar-refractivity contribution in [3.8, 4) is 0 Å². The predicted octanol–water partition coefficient (Wildman–Crippen LogP) is 1.22. The molecule has 0 atom stereocenters. The van der Waals surface area contributed by atoms with Gasteiger partial charge in [0.15, 0.2) is 11.5 Å². The van der Waals surface area contributed by atoms with Crippen LogP contribution in [0.4, 0.5) is 11.5 Å². The van der Waals surface area contributed by atoms with Gasteiger partial charge < -0.3 is 20.5 Å². The number of carbonyl (C=O) groups is 1. The highest BCUT2D eigenvalue weighted by molar-refractivity contribution is 5.86. The van der Waals surface area contributed by atoms with E-state index < -0.39 is 5.97 Å². The van der Waals surface area contributed by atoms with Crippen LogP contribution in [0.2, 0.25) is 0 Å². The third-order valence-corrected chi connectivity index (χ3v) is 3.36. The Labute approximate surface area is 112 Å². The van der Waals surface area contributed by atoms with Gasteiger partial charge in [-0.3, -0.25) is 0 Å². The van der Waals surface area contributed by atoms with Crippen molar-refractivity contribution in [3.63, 3.8) is 0 Å². The first-order chi connectivity index (χ1) is 9.08. The summed E-state index contributed by atoms with van der Waals surface area (Å²) in [6, 6.07) is 3.01. The van der Waals surface area contributed by atoms with E-state index in [2.05, 4.69) is 4.98 Å². The first kappa shape index (κ1) is 13.6. The van der Waals surface area contributed by atoms with Crippen LogP contribution >= 0.6 is 0 Å². The summed E-state index contributed by atoms with van der Waals surface area (Å²) in [6.07, 6.45) is 2.03. The molecule has 1 aliphatic rings. The topological polar surface area (TPSA) is 88.7 Å². The average Bonchev–Trinajstić information content (AvgIpc) is 2.40. The molecule has 0 unspecified atom stereocenters. The van der Waals surface area contributed by atoms with Crippen molar-refractivity contribution in [1.82, 2.24) is 4.98 Å².